The third-order valence-electron chi connectivity index (χ3n) is 11.0. The highest BCUT2D eigenvalue weighted by atomic mass is 16.7. The zero-order valence-corrected chi connectivity index (χ0v) is 35.9. The van der Waals surface area contributed by atoms with E-state index in [1.54, 1.807) is 6.08 Å². The monoisotopic (exact) mass is 794 g/mol. The van der Waals surface area contributed by atoms with Gasteiger partial charge in [-0.05, 0) is 51.4 Å². The third kappa shape index (κ3) is 27.9. The minimum Gasteiger partial charge on any atom is -0.394 e. The smallest absolute Gasteiger partial charge is 0.220 e. The molecule has 1 heterocycles. The lowest BCUT2D eigenvalue weighted by atomic mass is 9.99. The first kappa shape index (κ1) is 52.4. The minimum absolute atomic E-state index is 0.183. The molecule has 1 fully saturated rings. The van der Waals surface area contributed by atoms with Gasteiger partial charge in [-0.3, -0.25) is 4.79 Å². The summed E-state index contributed by atoms with van der Waals surface area (Å²) in [5.41, 5.74) is 0. The fraction of sp³-hybridized carbons (Fsp3) is 0.851. The quantitative estimate of drug-likeness (QED) is 0.0268. The van der Waals surface area contributed by atoms with Crippen molar-refractivity contribution in [1.82, 2.24) is 5.32 Å². The van der Waals surface area contributed by atoms with Gasteiger partial charge in [-0.25, -0.2) is 0 Å². The first-order chi connectivity index (χ1) is 27.3. The zero-order chi connectivity index (χ0) is 40.9. The van der Waals surface area contributed by atoms with Crippen LogP contribution < -0.4 is 5.32 Å². The van der Waals surface area contributed by atoms with Crippen molar-refractivity contribution in [1.29, 1.82) is 0 Å². The van der Waals surface area contributed by atoms with E-state index < -0.39 is 49.5 Å². The van der Waals surface area contributed by atoms with E-state index >= 15 is 0 Å². The molecule has 56 heavy (non-hydrogen) atoms. The second-order valence-corrected chi connectivity index (χ2v) is 16.2. The van der Waals surface area contributed by atoms with Gasteiger partial charge in [0, 0.05) is 6.42 Å². The van der Waals surface area contributed by atoms with Gasteiger partial charge in [-0.2, -0.15) is 0 Å². The summed E-state index contributed by atoms with van der Waals surface area (Å²) in [5, 5.41) is 54.2. The number of ether oxygens (including phenoxy) is 2. The molecule has 6 N–H and O–H groups in total. The van der Waals surface area contributed by atoms with E-state index in [0.29, 0.717) is 6.42 Å². The molecule has 0 aromatic heterocycles. The number of amides is 1. The number of hydrogen-bond donors (Lipinski definition) is 6. The maximum atomic E-state index is 13.0. The second-order valence-electron chi connectivity index (χ2n) is 16.2. The van der Waals surface area contributed by atoms with Crippen LogP contribution in [0, 0.1) is 0 Å². The van der Waals surface area contributed by atoms with Crippen LogP contribution in [0.2, 0.25) is 0 Å². The second kappa shape index (κ2) is 37.7. The molecule has 1 aliphatic rings. The van der Waals surface area contributed by atoms with Gasteiger partial charge in [0.15, 0.2) is 6.29 Å². The Balaban J connectivity index is 2.35. The number of unbranched alkanes of at least 4 members (excludes halogenated alkanes) is 24. The highest BCUT2D eigenvalue weighted by molar-refractivity contribution is 5.76. The van der Waals surface area contributed by atoms with Crippen molar-refractivity contribution in [3.05, 3.63) is 36.5 Å². The fourth-order valence-electron chi connectivity index (χ4n) is 7.19. The number of rotatable bonds is 38. The molecule has 1 aliphatic heterocycles. The molecule has 9 heteroatoms. The van der Waals surface area contributed by atoms with Gasteiger partial charge in [-0.15, -0.1) is 0 Å². The number of aliphatic hydroxyl groups is 5. The molecular weight excluding hydrogens is 707 g/mol. The van der Waals surface area contributed by atoms with E-state index in [4.69, 9.17) is 9.47 Å². The topological polar surface area (TPSA) is 149 Å². The van der Waals surface area contributed by atoms with Gasteiger partial charge in [-0.1, -0.05) is 179 Å². The van der Waals surface area contributed by atoms with E-state index in [-0.39, 0.29) is 12.5 Å². The normalized spacial score (nSPS) is 21.4. The Kier molecular flexibility index (Phi) is 35.3. The summed E-state index contributed by atoms with van der Waals surface area (Å²) in [6.45, 7) is 3.74. The van der Waals surface area contributed by atoms with Crippen molar-refractivity contribution in [2.45, 2.75) is 243 Å². The molecule has 7 unspecified atom stereocenters. The predicted octanol–water partition coefficient (Wildman–Crippen LogP) is 9.67. The van der Waals surface area contributed by atoms with Gasteiger partial charge >= 0.3 is 0 Å². The molecule has 0 spiro atoms. The first-order valence-electron chi connectivity index (χ1n) is 23.2. The number of allylic oxidation sites excluding steroid dienone is 5. The van der Waals surface area contributed by atoms with Crippen LogP contribution in [-0.4, -0.2) is 87.5 Å². The van der Waals surface area contributed by atoms with Crippen LogP contribution in [0.1, 0.15) is 200 Å². The number of carbonyl (C=O) groups is 1. The summed E-state index contributed by atoms with van der Waals surface area (Å²) in [4.78, 5) is 13.0. The number of aliphatic hydroxyl groups excluding tert-OH is 5. The summed E-state index contributed by atoms with van der Waals surface area (Å²) >= 11 is 0. The van der Waals surface area contributed by atoms with Crippen molar-refractivity contribution in [2.24, 2.45) is 0 Å². The Morgan fingerprint density at radius 2 is 1.05 bits per heavy atom. The lowest BCUT2D eigenvalue weighted by Crippen LogP contribution is -2.60. The summed E-state index contributed by atoms with van der Waals surface area (Å²) in [6.07, 6.45) is 38.9. The SMILES string of the molecule is CCCCC/C=C\C/C=C\CCCCCCCCCCCC(=O)NC(COC1OC(CO)C(O)C(O)C1O)C(O)/C=C/CCCCCCCCCCCCCC. The van der Waals surface area contributed by atoms with Crippen LogP contribution in [0.4, 0.5) is 0 Å². The van der Waals surface area contributed by atoms with E-state index in [1.807, 2.05) is 6.08 Å². The van der Waals surface area contributed by atoms with Crippen molar-refractivity contribution < 1.29 is 39.8 Å². The van der Waals surface area contributed by atoms with E-state index in [1.165, 1.54) is 135 Å². The Labute approximate surface area is 342 Å². The van der Waals surface area contributed by atoms with E-state index in [9.17, 15) is 30.3 Å². The van der Waals surface area contributed by atoms with Crippen molar-refractivity contribution in [2.75, 3.05) is 13.2 Å². The van der Waals surface area contributed by atoms with Gasteiger partial charge in [0.2, 0.25) is 5.91 Å². The molecule has 0 saturated carbocycles. The van der Waals surface area contributed by atoms with E-state index in [2.05, 4.69) is 43.5 Å². The van der Waals surface area contributed by atoms with Crippen molar-refractivity contribution >= 4 is 5.91 Å². The number of nitrogens with one attached hydrogen (secondary N) is 1. The fourth-order valence-corrected chi connectivity index (χ4v) is 7.19. The zero-order valence-electron chi connectivity index (χ0n) is 35.9. The maximum absolute atomic E-state index is 13.0. The molecule has 1 amide bonds. The highest BCUT2D eigenvalue weighted by Crippen LogP contribution is 2.22. The third-order valence-corrected chi connectivity index (χ3v) is 11.0. The summed E-state index contributed by atoms with van der Waals surface area (Å²) in [5.74, 6) is -0.183. The molecule has 0 radical (unpaired) electrons. The molecular formula is C47H87NO8. The Morgan fingerprint density at radius 1 is 0.607 bits per heavy atom. The molecule has 0 aliphatic carbocycles. The first-order valence-corrected chi connectivity index (χ1v) is 23.2. The van der Waals surface area contributed by atoms with Crippen LogP contribution in [0.15, 0.2) is 36.5 Å². The Bertz CT molecular complexity index is 972. The molecule has 0 bridgehead atoms. The molecule has 328 valence electrons. The summed E-state index contributed by atoms with van der Waals surface area (Å²) in [7, 11) is 0. The van der Waals surface area contributed by atoms with Gasteiger partial charge in [0.1, 0.15) is 24.4 Å². The number of hydrogen-bond acceptors (Lipinski definition) is 8. The van der Waals surface area contributed by atoms with Crippen LogP contribution in [0.3, 0.4) is 0 Å². The van der Waals surface area contributed by atoms with Crippen LogP contribution >= 0.6 is 0 Å². The molecule has 1 rings (SSSR count). The highest BCUT2D eigenvalue weighted by Gasteiger charge is 2.44. The van der Waals surface area contributed by atoms with Gasteiger partial charge in [0.05, 0.1) is 25.4 Å². The standard InChI is InChI=1S/C47H87NO8/c1-3-5-7-9-11-13-15-17-19-20-21-22-23-25-27-29-31-33-35-37-43(51)48-40(39-55-47-46(54)45(53)44(52)42(38-49)56-47)41(50)36-34-32-30-28-26-24-18-16-14-12-10-8-6-4-2/h11,13,17,19,34,36,40-42,44-47,49-50,52-54H,3-10,12,14-16,18,20-33,35,37-39H2,1-2H3,(H,48,51)/b13-11-,19-17-,36-34+. The molecule has 9 nitrogen and oxygen atoms in total. The lowest BCUT2D eigenvalue weighted by Gasteiger charge is -2.40. The molecule has 0 aromatic carbocycles. The lowest BCUT2D eigenvalue weighted by molar-refractivity contribution is -0.302. The average molecular weight is 794 g/mol. The van der Waals surface area contributed by atoms with Gasteiger partial charge < -0.3 is 40.3 Å². The molecule has 1 saturated heterocycles. The van der Waals surface area contributed by atoms with Gasteiger partial charge in [0.25, 0.3) is 0 Å². The largest absolute Gasteiger partial charge is 0.394 e. The van der Waals surface area contributed by atoms with Crippen molar-refractivity contribution in [3.8, 4) is 0 Å². The Morgan fingerprint density at radius 3 is 1.57 bits per heavy atom. The Hall–Kier alpha value is -1.59. The van der Waals surface area contributed by atoms with Crippen LogP contribution in [0.5, 0.6) is 0 Å². The molecule has 7 atom stereocenters. The predicted molar refractivity (Wildman–Crippen MR) is 230 cm³/mol. The summed E-state index contributed by atoms with van der Waals surface area (Å²) < 4.78 is 11.2. The van der Waals surface area contributed by atoms with E-state index in [0.717, 1.165) is 44.9 Å². The average Bonchev–Trinajstić information content (AvgIpc) is 3.20. The molecule has 0 aromatic rings. The maximum Gasteiger partial charge on any atom is 0.220 e. The number of carbonyl (C=O) groups excluding carboxylic acids is 1. The van der Waals surface area contributed by atoms with Crippen LogP contribution in [0.25, 0.3) is 0 Å². The summed E-state index contributed by atoms with van der Waals surface area (Å²) in [6, 6.07) is -0.805. The minimum atomic E-state index is -1.57. The van der Waals surface area contributed by atoms with Crippen LogP contribution in [-0.2, 0) is 14.3 Å². The van der Waals surface area contributed by atoms with Crippen molar-refractivity contribution in [3.63, 3.8) is 0 Å².